The first-order valence-corrected chi connectivity index (χ1v) is 8.64. The molecule has 1 aliphatic rings. The smallest absolute Gasteiger partial charge is 0.229 e. The SMILES string of the molecule is Clc1cc(Cl)cc(Nc2ccnc(Nc3ccc4c(c3)OCCO4)n2)c1. The van der Waals surface area contributed by atoms with E-state index in [1.807, 2.05) is 18.2 Å². The molecule has 0 aliphatic carbocycles. The van der Waals surface area contributed by atoms with Crippen LogP contribution >= 0.6 is 23.2 Å². The summed E-state index contributed by atoms with van der Waals surface area (Å²) in [6.07, 6.45) is 1.65. The second kappa shape index (κ2) is 7.27. The normalized spacial score (nSPS) is 12.5. The van der Waals surface area contributed by atoms with Crippen LogP contribution in [-0.2, 0) is 0 Å². The van der Waals surface area contributed by atoms with Gasteiger partial charge in [0.25, 0.3) is 0 Å². The summed E-state index contributed by atoms with van der Waals surface area (Å²) in [4.78, 5) is 8.68. The molecular formula is C18H14Cl2N4O2. The lowest BCUT2D eigenvalue weighted by Gasteiger charge is -2.19. The summed E-state index contributed by atoms with van der Waals surface area (Å²) < 4.78 is 11.1. The van der Waals surface area contributed by atoms with E-state index >= 15 is 0 Å². The highest BCUT2D eigenvalue weighted by molar-refractivity contribution is 6.35. The van der Waals surface area contributed by atoms with Gasteiger partial charge in [-0.1, -0.05) is 23.2 Å². The minimum atomic E-state index is 0.444. The van der Waals surface area contributed by atoms with Crippen molar-refractivity contribution in [3.63, 3.8) is 0 Å². The fourth-order valence-corrected chi connectivity index (χ4v) is 3.04. The molecule has 1 aliphatic heterocycles. The molecule has 132 valence electrons. The van der Waals surface area contributed by atoms with Crippen LogP contribution in [0.2, 0.25) is 10.0 Å². The predicted molar refractivity (Wildman–Crippen MR) is 102 cm³/mol. The summed E-state index contributed by atoms with van der Waals surface area (Å²) in [5, 5.41) is 7.40. The Kier molecular flexibility index (Phi) is 4.69. The van der Waals surface area contributed by atoms with Gasteiger partial charge in [-0.05, 0) is 36.4 Å². The maximum absolute atomic E-state index is 6.02. The molecule has 4 rings (SSSR count). The van der Waals surface area contributed by atoms with Crippen molar-refractivity contribution >= 4 is 46.3 Å². The maximum Gasteiger partial charge on any atom is 0.229 e. The lowest BCUT2D eigenvalue weighted by atomic mass is 10.2. The molecule has 0 saturated carbocycles. The molecular weight excluding hydrogens is 375 g/mol. The minimum Gasteiger partial charge on any atom is -0.486 e. The van der Waals surface area contributed by atoms with Crippen LogP contribution in [0.25, 0.3) is 0 Å². The van der Waals surface area contributed by atoms with E-state index < -0.39 is 0 Å². The lowest BCUT2D eigenvalue weighted by molar-refractivity contribution is 0.171. The monoisotopic (exact) mass is 388 g/mol. The van der Waals surface area contributed by atoms with Crippen LogP contribution < -0.4 is 20.1 Å². The number of benzene rings is 2. The van der Waals surface area contributed by atoms with Gasteiger partial charge in [0.1, 0.15) is 19.0 Å². The summed E-state index contributed by atoms with van der Waals surface area (Å²) in [5.74, 6) is 2.48. The number of hydrogen-bond acceptors (Lipinski definition) is 6. The predicted octanol–water partition coefficient (Wildman–Crippen LogP) is 5.04. The molecule has 0 atom stereocenters. The van der Waals surface area contributed by atoms with Gasteiger partial charge < -0.3 is 20.1 Å². The number of ether oxygens (including phenoxy) is 2. The Labute approximate surface area is 160 Å². The van der Waals surface area contributed by atoms with Gasteiger partial charge in [-0.25, -0.2) is 4.98 Å². The van der Waals surface area contributed by atoms with Crippen molar-refractivity contribution in [2.75, 3.05) is 23.8 Å². The molecule has 0 radical (unpaired) electrons. The van der Waals surface area contributed by atoms with E-state index in [4.69, 9.17) is 32.7 Å². The first-order chi connectivity index (χ1) is 12.7. The molecule has 6 nitrogen and oxygen atoms in total. The van der Waals surface area contributed by atoms with Gasteiger partial charge in [0.15, 0.2) is 11.5 Å². The fourth-order valence-electron chi connectivity index (χ4n) is 2.51. The fraction of sp³-hybridized carbons (Fsp3) is 0.111. The Hall–Kier alpha value is -2.70. The van der Waals surface area contributed by atoms with E-state index in [1.54, 1.807) is 30.5 Å². The first kappa shape index (κ1) is 16.8. The van der Waals surface area contributed by atoms with Crippen LogP contribution in [-0.4, -0.2) is 23.2 Å². The van der Waals surface area contributed by atoms with Crippen LogP contribution in [0, 0.1) is 0 Å². The zero-order valence-electron chi connectivity index (χ0n) is 13.5. The molecule has 0 fully saturated rings. The third-order valence-corrected chi connectivity index (χ3v) is 4.03. The highest BCUT2D eigenvalue weighted by Gasteiger charge is 2.12. The Bertz CT molecular complexity index is 932. The summed E-state index contributed by atoms with van der Waals surface area (Å²) in [6, 6.07) is 12.6. The van der Waals surface area contributed by atoms with E-state index in [9.17, 15) is 0 Å². The van der Waals surface area contributed by atoms with E-state index in [0.717, 1.165) is 17.1 Å². The third-order valence-electron chi connectivity index (χ3n) is 3.59. The number of nitrogens with zero attached hydrogens (tertiary/aromatic N) is 2. The molecule has 1 aromatic heterocycles. The largest absolute Gasteiger partial charge is 0.486 e. The maximum atomic E-state index is 6.02. The van der Waals surface area contributed by atoms with Gasteiger partial charge in [-0.15, -0.1) is 0 Å². The van der Waals surface area contributed by atoms with Crippen LogP contribution in [0.15, 0.2) is 48.7 Å². The van der Waals surface area contributed by atoms with E-state index in [1.165, 1.54) is 0 Å². The minimum absolute atomic E-state index is 0.444. The van der Waals surface area contributed by atoms with Crippen LogP contribution in [0.1, 0.15) is 0 Å². The molecule has 0 spiro atoms. The van der Waals surface area contributed by atoms with Crippen molar-refractivity contribution in [2.24, 2.45) is 0 Å². The van der Waals surface area contributed by atoms with Gasteiger partial charge in [0.05, 0.1) is 0 Å². The van der Waals surface area contributed by atoms with E-state index in [0.29, 0.717) is 40.8 Å². The molecule has 0 bridgehead atoms. The van der Waals surface area contributed by atoms with Crippen LogP contribution in [0.4, 0.5) is 23.1 Å². The average Bonchev–Trinajstić information content (AvgIpc) is 2.61. The van der Waals surface area contributed by atoms with E-state index in [2.05, 4.69) is 20.6 Å². The Morgan fingerprint density at radius 1 is 0.808 bits per heavy atom. The standard InChI is InChI=1S/C18H14Cl2N4O2/c19-11-7-12(20)9-14(8-11)22-17-3-4-21-18(24-17)23-13-1-2-15-16(10-13)26-6-5-25-15/h1-4,7-10H,5-6H2,(H2,21,22,23,24). The molecule has 0 saturated heterocycles. The molecule has 3 aromatic rings. The average molecular weight is 389 g/mol. The van der Waals surface area contributed by atoms with Gasteiger partial charge in [-0.2, -0.15) is 4.98 Å². The van der Waals surface area contributed by atoms with Crippen molar-refractivity contribution in [3.05, 3.63) is 58.7 Å². The Balaban J connectivity index is 1.52. The zero-order valence-corrected chi connectivity index (χ0v) is 15.0. The summed E-state index contributed by atoms with van der Waals surface area (Å²) in [6.45, 7) is 1.10. The van der Waals surface area contributed by atoms with Crippen molar-refractivity contribution < 1.29 is 9.47 Å². The Morgan fingerprint density at radius 3 is 2.38 bits per heavy atom. The third kappa shape index (κ3) is 3.92. The van der Waals surface area contributed by atoms with Gasteiger partial charge >= 0.3 is 0 Å². The lowest BCUT2D eigenvalue weighted by Crippen LogP contribution is -2.15. The second-order valence-corrected chi connectivity index (χ2v) is 6.40. The van der Waals surface area contributed by atoms with Crippen molar-refractivity contribution in [1.29, 1.82) is 0 Å². The van der Waals surface area contributed by atoms with Crippen LogP contribution in [0.5, 0.6) is 11.5 Å². The van der Waals surface area contributed by atoms with Gasteiger partial charge in [-0.3, -0.25) is 0 Å². The number of halogens is 2. The molecule has 8 heteroatoms. The van der Waals surface area contributed by atoms with E-state index in [-0.39, 0.29) is 0 Å². The number of rotatable bonds is 4. The first-order valence-electron chi connectivity index (χ1n) is 7.88. The van der Waals surface area contributed by atoms with Gasteiger partial charge in [0, 0.05) is 33.7 Å². The molecule has 0 amide bonds. The number of aromatic nitrogens is 2. The second-order valence-electron chi connectivity index (χ2n) is 5.53. The highest BCUT2D eigenvalue weighted by atomic mass is 35.5. The summed E-state index contributed by atoms with van der Waals surface area (Å²) >= 11 is 12.0. The topological polar surface area (TPSA) is 68.3 Å². The van der Waals surface area contributed by atoms with Crippen molar-refractivity contribution in [3.8, 4) is 11.5 Å². The highest BCUT2D eigenvalue weighted by Crippen LogP contribution is 2.33. The molecule has 2 N–H and O–H groups in total. The molecule has 2 aromatic carbocycles. The molecule has 2 heterocycles. The van der Waals surface area contributed by atoms with Crippen molar-refractivity contribution in [1.82, 2.24) is 9.97 Å². The number of nitrogens with one attached hydrogen (secondary N) is 2. The quantitative estimate of drug-likeness (QED) is 0.652. The number of anilines is 4. The van der Waals surface area contributed by atoms with Gasteiger partial charge in [0.2, 0.25) is 5.95 Å². The summed E-state index contributed by atoms with van der Waals surface area (Å²) in [7, 11) is 0. The van der Waals surface area contributed by atoms with Crippen molar-refractivity contribution in [2.45, 2.75) is 0 Å². The van der Waals surface area contributed by atoms with Crippen LogP contribution in [0.3, 0.4) is 0 Å². The molecule has 26 heavy (non-hydrogen) atoms. The Morgan fingerprint density at radius 2 is 1.58 bits per heavy atom. The zero-order chi connectivity index (χ0) is 17.9. The summed E-state index contributed by atoms with van der Waals surface area (Å²) in [5.41, 5.74) is 1.55. The number of fused-ring (bicyclic) bond motifs is 1. The molecule has 0 unspecified atom stereocenters. The number of hydrogen-bond donors (Lipinski definition) is 2.